The number of nitrogens with zero attached hydrogens (tertiary/aromatic N) is 5. The van der Waals surface area contributed by atoms with Gasteiger partial charge in [0.05, 0.1) is 30.0 Å². The first-order valence-corrected chi connectivity index (χ1v) is 15.7. The molecule has 7 rings (SSSR count). The summed E-state index contributed by atoms with van der Waals surface area (Å²) in [5, 5.41) is 17.9. The fourth-order valence-electron chi connectivity index (χ4n) is 7.61. The van der Waals surface area contributed by atoms with E-state index in [4.69, 9.17) is 18.8 Å². The van der Waals surface area contributed by atoms with Crippen LogP contribution < -0.4 is 4.74 Å². The number of benzene rings is 1. The van der Waals surface area contributed by atoms with E-state index in [1.165, 1.54) is 6.42 Å². The standard InChI is InChI=1S/C31H42BN5O8/c1-18-19(10-11-32-44-24-13-20-12-23(30(20,5)6)31(24,7)45-32)8-9-22(27(18)28(39)43-29(2,3)4)42-21-14-35(15-21)26(38)17-36-16-25(33-34-36)37(40)41/h8-9,16,20-21,23-24H,10-15,17H2,1-7H3/t20-,23-,24+,31-/m0/s1. The fraction of sp³-hybridized carbons (Fsp3) is 0.677. The van der Waals surface area contributed by atoms with Gasteiger partial charge in [-0.25, -0.2) is 9.48 Å². The number of aryl methyl sites for hydroxylation is 1. The molecule has 2 aromatic rings. The zero-order valence-electron chi connectivity index (χ0n) is 27.1. The van der Waals surface area contributed by atoms with Gasteiger partial charge in [0.25, 0.3) is 0 Å². The lowest BCUT2D eigenvalue weighted by Crippen LogP contribution is -2.65. The quantitative estimate of drug-likeness (QED) is 0.174. The highest BCUT2D eigenvalue weighted by Crippen LogP contribution is 2.65. The van der Waals surface area contributed by atoms with Crippen molar-refractivity contribution in [3.8, 4) is 5.75 Å². The molecular weight excluding hydrogens is 581 g/mol. The second kappa shape index (κ2) is 11.1. The SMILES string of the molecule is Cc1c(CCB2O[C@@H]3C[C@@H]4C[C@@H](C4(C)C)[C@]3(C)O2)ccc(OC2CN(C(=O)Cn3cc([N+](=O)[O-])nn3)C2)c1C(=O)OC(C)(C)C. The third-order valence-electron chi connectivity index (χ3n) is 10.3. The summed E-state index contributed by atoms with van der Waals surface area (Å²) in [6.07, 6.45) is 4.49. The monoisotopic (exact) mass is 623 g/mol. The number of esters is 1. The van der Waals surface area contributed by atoms with Crippen molar-refractivity contribution in [1.29, 1.82) is 0 Å². The van der Waals surface area contributed by atoms with Crippen LogP contribution in [0.5, 0.6) is 5.75 Å². The zero-order chi connectivity index (χ0) is 32.5. The number of rotatable bonds is 9. The van der Waals surface area contributed by atoms with Gasteiger partial charge in [0, 0.05) is 0 Å². The first-order chi connectivity index (χ1) is 21.0. The second-order valence-electron chi connectivity index (χ2n) is 14.7. The Labute approximate surface area is 263 Å². The minimum Gasteiger partial charge on any atom is -0.486 e. The number of hydrogen-bond acceptors (Lipinski definition) is 10. The van der Waals surface area contributed by atoms with Gasteiger partial charge >= 0.3 is 18.9 Å². The summed E-state index contributed by atoms with van der Waals surface area (Å²) in [5.74, 6) is 0.441. The topological polar surface area (TPSA) is 148 Å². The number of carbonyl (C=O) groups excluding carboxylic acids is 2. The summed E-state index contributed by atoms with van der Waals surface area (Å²) < 4.78 is 26.2. The maximum atomic E-state index is 13.5. The van der Waals surface area contributed by atoms with Crippen LogP contribution in [-0.4, -0.2) is 80.3 Å². The number of hydrogen-bond donors (Lipinski definition) is 0. The molecule has 5 fully saturated rings. The highest BCUT2D eigenvalue weighted by molar-refractivity contribution is 6.45. The maximum Gasteiger partial charge on any atom is 0.457 e. The van der Waals surface area contributed by atoms with Gasteiger partial charge in [-0.05, 0) is 99.6 Å². The van der Waals surface area contributed by atoms with Crippen LogP contribution in [0.2, 0.25) is 6.32 Å². The average molecular weight is 624 g/mol. The lowest BCUT2D eigenvalue weighted by atomic mass is 9.43. The molecule has 45 heavy (non-hydrogen) atoms. The van der Waals surface area contributed by atoms with E-state index in [0.29, 0.717) is 49.0 Å². The molecule has 4 atom stereocenters. The first kappa shape index (κ1) is 31.5. The smallest absolute Gasteiger partial charge is 0.457 e. The molecule has 5 aliphatic rings. The average Bonchev–Trinajstić information content (AvgIpc) is 3.52. The summed E-state index contributed by atoms with van der Waals surface area (Å²) in [6, 6.07) is 3.77. The van der Waals surface area contributed by atoms with Gasteiger partial charge in [-0.3, -0.25) is 4.79 Å². The van der Waals surface area contributed by atoms with Crippen molar-refractivity contribution in [3.63, 3.8) is 0 Å². The van der Waals surface area contributed by atoms with Crippen molar-refractivity contribution >= 4 is 24.8 Å². The maximum absolute atomic E-state index is 13.5. The van der Waals surface area contributed by atoms with Crippen molar-refractivity contribution in [2.75, 3.05) is 13.1 Å². The molecule has 3 saturated carbocycles. The summed E-state index contributed by atoms with van der Waals surface area (Å²) in [5.41, 5.74) is 1.47. The van der Waals surface area contributed by atoms with Crippen LogP contribution in [0.1, 0.15) is 75.9 Å². The normalized spacial score (nSPS) is 27.0. The lowest BCUT2D eigenvalue weighted by molar-refractivity contribution is -0.389. The number of amides is 1. The largest absolute Gasteiger partial charge is 0.486 e. The second-order valence-corrected chi connectivity index (χ2v) is 14.7. The summed E-state index contributed by atoms with van der Waals surface area (Å²) in [7, 11) is -0.294. The number of likely N-dealkylation sites (tertiary alicyclic amines) is 1. The van der Waals surface area contributed by atoms with Crippen LogP contribution in [0.25, 0.3) is 0 Å². The van der Waals surface area contributed by atoms with Crippen LogP contribution in [0.15, 0.2) is 18.3 Å². The molecule has 1 aromatic heterocycles. The Morgan fingerprint density at radius 2 is 1.93 bits per heavy atom. The molecule has 14 heteroatoms. The Hall–Kier alpha value is -3.52. The van der Waals surface area contributed by atoms with Gasteiger partial charge in [0.2, 0.25) is 5.91 Å². The van der Waals surface area contributed by atoms with Crippen molar-refractivity contribution in [1.82, 2.24) is 19.9 Å². The molecule has 3 heterocycles. The van der Waals surface area contributed by atoms with Crippen molar-refractivity contribution < 1.29 is 33.3 Å². The lowest BCUT2D eigenvalue weighted by Gasteiger charge is -2.64. The number of nitro groups is 1. The fourth-order valence-corrected chi connectivity index (χ4v) is 7.61. The van der Waals surface area contributed by atoms with E-state index in [1.807, 2.05) is 33.8 Å². The van der Waals surface area contributed by atoms with Crippen LogP contribution >= 0.6 is 0 Å². The highest BCUT2D eigenvalue weighted by Gasteiger charge is 2.67. The van der Waals surface area contributed by atoms with E-state index in [0.717, 1.165) is 28.4 Å². The minimum atomic E-state index is -0.696. The van der Waals surface area contributed by atoms with Gasteiger partial charge < -0.3 is 33.8 Å². The van der Waals surface area contributed by atoms with Crippen molar-refractivity contribution in [2.24, 2.45) is 17.3 Å². The van der Waals surface area contributed by atoms with E-state index >= 15 is 0 Å². The predicted octanol–water partition coefficient (Wildman–Crippen LogP) is 4.01. The molecule has 2 aliphatic heterocycles. The Balaban J connectivity index is 1.11. The van der Waals surface area contributed by atoms with Crippen molar-refractivity contribution in [3.05, 3.63) is 45.1 Å². The Morgan fingerprint density at radius 3 is 2.58 bits per heavy atom. The van der Waals surface area contributed by atoms with Gasteiger partial charge in [-0.1, -0.05) is 19.9 Å². The van der Waals surface area contributed by atoms with E-state index in [9.17, 15) is 19.7 Å². The van der Waals surface area contributed by atoms with E-state index in [-0.39, 0.29) is 42.8 Å². The number of carbonyl (C=O) groups is 2. The molecule has 2 saturated heterocycles. The molecule has 2 bridgehead atoms. The molecule has 3 aliphatic carbocycles. The van der Waals surface area contributed by atoms with Crippen LogP contribution in [0.3, 0.4) is 0 Å². The van der Waals surface area contributed by atoms with Gasteiger partial charge in [-0.2, -0.15) is 0 Å². The van der Waals surface area contributed by atoms with Gasteiger partial charge in [-0.15, -0.1) is 0 Å². The van der Waals surface area contributed by atoms with E-state index in [1.54, 1.807) is 11.0 Å². The Kier molecular flexibility index (Phi) is 7.75. The van der Waals surface area contributed by atoms with E-state index < -0.39 is 22.3 Å². The molecule has 1 aromatic carbocycles. The number of aromatic nitrogens is 3. The molecule has 0 spiro atoms. The van der Waals surface area contributed by atoms with Gasteiger partial charge in [0.1, 0.15) is 40.9 Å². The summed E-state index contributed by atoms with van der Waals surface area (Å²) in [6.45, 7) is 14.7. The highest BCUT2D eigenvalue weighted by atomic mass is 16.7. The van der Waals surface area contributed by atoms with Gasteiger partial charge in [0.15, 0.2) is 0 Å². The van der Waals surface area contributed by atoms with Crippen LogP contribution in [0.4, 0.5) is 5.82 Å². The third-order valence-corrected chi connectivity index (χ3v) is 10.3. The minimum absolute atomic E-state index is 0.122. The predicted molar refractivity (Wildman–Crippen MR) is 163 cm³/mol. The zero-order valence-corrected chi connectivity index (χ0v) is 27.1. The Morgan fingerprint density at radius 1 is 1.20 bits per heavy atom. The van der Waals surface area contributed by atoms with Crippen LogP contribution in [-0.2, 0) is 31.8 Å². The van der Waals surface area contributed by atoms with Crippen molar-refractivity contribution in [2.45, 2.75) is 104 Å². The molecule has 242 valence electrons. The number of ether oxygens (including phenoxy) is 2. The molecule has 0 N–H and O–H groups in total. The summed E-state index contributed by atoms with van der Waals surface area (Å²) in [4.78, 5) is 37.9. The molecular formula is C31H42BN5O8. The molecule has 0 unspecified atom stereocenters. The van der Waals surface area contributed by atoms with Crippen LogP contribution in [0, 0.1) is 34.3 Å². The van der Waals surface area contributed by atoms with E-state index in [2.05, 4.69) is 31.1 Å². The summed E-state index contributed by atoms with van der Waals surface area (Å²) >= 11 is 0. The molecule has 1 amide bonds. The molecule has 13 nitrogen and oxygen atoms in total. The Bertz CT molecular complexity index is 1520. The molecule has 0 radical (unpaired) electrons. The third kappa shape index (κ3) is 5.82. The first-order valence-electron chi connectivity index (χ1n) is 15.7.